The number of carbonyl (C=O) groups is 1. The van der Waals surface area contributed by atoms with E-state index in [1.165, 1.54) is 0 Å². The van der Waals surface area contributed by atoms with Gasteiger partial charge in [0.1, 0.15) is 5.78 Å². The number of ketones is 1. The number of carbonyl (C=O) groups excluding carboxylic acids is 1. The van der Waals surface area contributed by atoms with E-state index in [-0.39, 0.29) is 5.92 Å². The number of likely N-dealkylation sites (tertiary alicyclic amines) is 1. The zero-order valence-electron chi connectivity index (χ0n) is 9.45. The van der Waals surface area contributed by atoms with Gasteiger partial charge in [0.15, 0.2) is 0 Å². The van der Waals surface area contributed by atoms with E-state index in [9.17, 15) is 4.79 Å². The molecule has 0 radical (unpaired) electrons. The minimum absolute atomic E-state index is 0.203. The van der Waals surface area contributed by atoms with Crippen molar-refractivity contribution in [3.63, 3.8) is 0 Å². The maximum Gasteiger partial charge on any atom is 0.138 e. The van der Waals surface area contributed by atoms with E-state index in [0.29, 0.717) is 18.2 Å². The average Bonchev–Trinajstić information content (AvgIpc) is 2.19. The summed E-state index contributed by atoms with van der Waals surface area (Å²) < 4.78 is 5.18. The minimum Gasteiger partial charge on any atom is -0.383 e. The van der Waals surface area contributed by atoms with E-state index in [2.05, 4.69) is 11.8 Å². The van der Waals surface area contributed by atoms with Crippen molar-refractivity contribution in [2.45, 2.75) is 32.7 Å². The Morgan fingerprint density at radius 1 is 1.64 bits per heavy atom. The molecule has 14 heavy (non-hydrogen) atoms. The second-order valence-electron chi connectivity index (χ2n) is 4.13. The van der Waals surface area contributed by atoms with Crippen molar-refractivity contribution >= 4 is 5.78 Å². The average molecular weight is 199 g/mol. The molecule has 0 aromatic heterocycles. The van der Waals surface area contributed by atoms with Crippen LogP contribution in [0.1, 0.15) is 26.7 Å². The smallest absolute Gasteiger partial charge is 0.138 e. The van der Waals surface area contributed by atoms with E-state index in [1.807, 2.05) is 6.92 Å². The van der Waals surface area contributed by atoms with Gasteiger partial charge in [0.2, 0.25) is 0 Å². The molecule has 2 unspecified atom stereocenters. The highest BCUT2D eigenvalue weighted by atomic mass is 16.5. The fraction of sp³-hybridized carbons (Fsp3) is 0.909. The van der Waals surface area contributed by atoms with E-state index in [0.717, 1.165) is 26.1 Å². The van der Waals surface area contributed by atoms with Crippen LogP contribution in [0.5, 0.6) is 0 Å². The predicted octanol–water partition coefficient (Wildman–Crippen LogP) is 1.32. The molecule has 0 aromatic rings. The molecule has 0 bridgehead atoms. The van der Waals surface area contributed by atoms with E-state index >= 15 is 0 Å². The van der Waals surface area contributed by atoms with Crippen molar-refractivity contribution in [3.05, 3.63) is 0 Å². The van der Waals surface area contributed by atoms with Crippen LogP contribution in [0, 0.1) is 5.92 Å². The highest BCUT2D eigenvalue weighted by Gasteiger charge is 2.27. The molecule has 0 spiro atoms. The topological polar surface area (TPSA) is 29.5 Å². The zero-order valence-corrected chi connectivity index (χ0v) is 9.45. The lowest BCUT2D eigenvalue weighted by Crippen LogP contribution is -2.46. The number of hydrogen-bond donors (Lipinski definition) is 0. The molecule has 0 aromatic carbocycles. The number of rotatable bonds is 4. The van der Waals surface area contributed by atoms with Crippen LogP contribution in [-0.4, -0.2) is 43.5 Å². The lowest BCUT2D eigenvalue weighted by Gasteiger charge is -2.35. The summed E-state index contributed by atoms with van der Waals surface area (Å²) in [4.78, 5) is 13.7. The SMILES string of the molecule is CCC(COC)N1CCC(=O)C(C)C1. The van der Waals surface area contributed by atoms with Crippen molar-refractivity contribution in [3.8, 4) is 0 Å². The Morgan fingerprint density at radius 3 is 2.86 bits per heavy atom. The third kappa shape index (κ3) is 2.79. The molecule has 1 heterocycles. The van der Waals surface area contributed by atoms with Crippen LogP contribution in [0.4, 0.5) is 0 Å². The fourth-order valence-electron chi connectivity index (χ4n) is 2.05. The Kier molecular flexibility index (Phi) is 4.55. The molecule has 1 aliphatic heterocycles. The first-order chi connectivity index (χ1) is 6.69. The van der Waals surface area contributed by atoms with Crippen LogP contribution in [-0.2, 0) is 9.53 Å². The summed E-state index contributed by atoms with van der Waals surface area (Å²) in [5, 5.41) is 0. The Morgan fingerprint density at radius 2 is 2.36 bits per heavy atom. The number of nitrogens with zero attached hydrogens (tertiary/aromatic N) is 1. The van der Waals surface area contributed by atoms with Crippen LogP contribution in [0.25, 0.3) is 0 Å². The standard InChI is InChI=1S/C11H21NO2/c1-4-10(8-14-3)12-6-5-11(13)9(2)7-12/h9-10H,4-8H2,1-3H3. The number of Topliss-reactive ketones (excluding diaryl/α,β-unsaturated/α-hetero) is 1. The van der Waals surface area contributed by atoms with Gasteiger partial charge in [0, 0.05) is 38.6 Å². The van der Waals surface area contributed by atoms with Crippen LogP contribution in [0.3, 0.4) is 0 Å². The number of piperidine rings is 1. The third-order valence-electron chi connectivity index (χ3n) is 3.05. The maximum absolute atomic E-state index is 11.4. The minimum atomic E-state index is 0.203. The van der Waals surface area contributed by atoms with Crippen LogP contribution in [0.2, 0.25) is 0 Å². The monoisotopic (exact) mass is 199 g/mol. The molecule has 0 saturated carbocycles. The highest BCUT2D eigenvalue weighted by molar-refractivity contribution is 5.81. The van der Waals surface area contributed by atoms with Crippen LogP contribution < -0.4 is 0 Å². The largest absolute Gasteiger partial charge is 0.383 e. The van der Waals surface area contributed by atoms with Crippen LogP contribution >= 0.6 is 0 Å². The molecule has 3 nitrogen and oxygen atoms in total. The molecule has 1 aliphatic rings. The zero-order chi connectivity index (χ0) is 10.6. The Bertz CT molecular complexity index is 194. The van der Waals surface area contributed by atoms with Gasteiger partial charge in [0.05, 0.1) is 6.61 Å². The Hall–Kier alpha value is -0.410. The molecule has 1 rings (SSSR count). The maximum atomic E-state index is 11.4. The summed E-state index contributed by atoms with van der Waals surface area (Å²) in [5.74, 6) is 0.614. The molecule has 0 aliphatic carbocycles. The first kappa shape index (κ1) is 11.7. The lowest BCUT2D eigenvalue weighted by molar-refractivity contribution is -0.126. The van der Waals surface area contributed by atoms with Crippen molar-refractivity contribution in [1.29, 1.82) is 0 Å². The van der Waals surface area contributed by atoms with E-state index < -0.39 is 0 Å². The quantitative estimate of drug-likeness (QED) is 0.684. The number of methoxy groups -OCH3 is 1. The summed E-state index contributed by atoms with van der Waals surface area (Å²) in [6.45, 7) is 6.78. The Labute approximate surface area is 86.4 Å². The van der Waals surface area contributed by atoms with Gasteiger partial charge in [-0.3, -0.25) is 9.69 Å². The number of hydrogen-bond acceptors (Lipinski definition) is 3. The first-order valence-electron chi connectivity index (χ1n) is 5.44. The van der Waals surface area contributed by atoms with Gasteiger partial charge in [-0.15, -0.1) is 0 Å². The fourth-order valence-corrected chi connectivity index (χ4v) is 2.05. The second kappa shape index (κ2) is 5.47. The van der Waals surface area contributed by atoms with Crippen molar-refractivity contribution in [2.75, 3.05) is 26.8 Å². The Balaban J connectivity index is 2.47. The molecule has 2 atom stereocenters. The predicted molar refractivity (Wildman–Crippen MR) is 56.3 cm³/mol. The van der Waals surface area contributed by atoms with Gasteiger partial charge in [0.25, 0.3) is 0 Å². The molecule has 1 fully saturated rings. The molecule has 1 saturated heterocycles. The molecule has 82 valence electrons. The molecular formula is C11H21NO2. The molecule has 0 N–H and O–H groups in total. The number of ether oxygens (including phenoxy) is 1. The summed E-state index contributed by atoms with van der Waals surface area (Å²) in [6, 6.07) is 0.482. The van der Waals surface area contributed by atoms with E-state index in [4.69, 9.17) is 4.74 Å². The lowest BCUT2D eigenvalue weighted by atomic mass is 9.97. The van der Waals surface area contributed by atoms with Gasteiger partial charge >= 0.3 is 0 Å². The van der Waals surface area contributed by atoms with E-state index in [1.54, 1.807) is 7.11 Å². The van der Waals surface area contributed by atoms with Crippen molar-refractivity contribution in [1.82, 2.24) is 4.90 Å². The molecule has 0 amide bonds. The highest BCUT2D eigenvalue weighted by Crippen LogP contribution is 2.16. The summed E-state index contributed by atoms with van der Waals surface area (Å²) in [7, 11) is 1.74. The van der Waals surface area contributed by atoms with Gasteiger partial charge in [-0.2, -0.15) is 0 Å². The summed E-state index contributed by atoms with van der Waals surface area (Å²) in [6.07, 6.45) is 1.80. The molecule has 3 heteroatoms. The normalized spacial score (nSPS) is 26.5. The van der Waals surface area contributed by atoms with Gasteiger partial charge in [-0.25, -0.2) is 0 Å². The van der Waals surface area contributed by atoms with Gasteiger partial charge in [-0.1, -0.05) is 13.8 Å². The second-order valence-corrected chi connectivity index (χ2v) is 4.13. The molecular weight excluding hydrogens is 178 g/mol. The summed E-state index contributed by atoms with van der Waals surface area (Å²) in [5.41, 5.74) is 0. The van der Waals surface area contributed by atoms with Crippen molar-refractivity contribution < 1.29 is 9.53 Å². The first-order valence-corrected chi connectivity index (χ1v) is 5.44. The van der Waals surface area contributed by atoms with Crippen molar-refractivity contribution in [2.24, 2.45) is 5.92 Å². The van der Waals surface area contributed by atoms with Crippen LogP contribution in [0.15, 0.2) is 0 Å². The summed E-state index contributed by atoms with van der Waals surface area (Å²) >= 11 is 0. The third-order valence-corrected chi connectivity index (χ3v) is 3.05. The van der Waals surface area contributed by atoms with Gasteiger partial charge in [-0.05, 0) is 6.42 Å². The van der Waals surface area contributed by atoms with Gasteiger partial charge < -0.3 is 4.74 Å².